The third kappa shape index (κ3) is 4.83. The third-order valence-electron chi connectivity index (χ3n) is 4.22. The molecule has 0 aromatic heterocycles. The Morgan fingerprint density at radius 2 is 2.14 bits per heavy atom. The van der Waals surface area contributed by atoms with E-state index in [2.05, 4.69) is 36.1 Å². The topological polar surface area (TPSA) is 55.6 Å². The van der Waals surface area contributed by atoms with Gasteiger partial charge in [-0.25, -0.2) is 0 Å². The van der Waals surface area contributed by atoms with Crippen LogP contribution in [0, 0.1) is 12.8 Å². The summed E-state index contributed by atoms with van der Waals surface area (Å²) in [6, 6.07) is 8.21. The summed E-state index contributed by atoms with van der Waals surface area (Å²) < 4.78 is 4.71. The molecule has 0 amide bonds. The SMILES string of the molecule is COC(=O)C(N)CC1CCCN(Cc2ccc(C)cc2)C1. The number of nitrogens with zero attached hydrogens (tertiary/aromatic N) is 1. The van der Waals surface area contributed by atoms with Crippen molar-refractivity contribution in [3.05, 3.63) is 35.4 Å². The number of piperidine rings is 1. The summed E-state index contributed by atoms with van der Waals surface area (Å²) >= 11 is 0. The van der Waals surface area contributed by atoms with Crippen LogP contribution in [0.1, 0.15) is 30.4 Å². The normalized spacial score (nSPS) is 21.0. The summed E-state index contributed by atoms with van der Waals surface area (Å²) in [5.41, 5.74) is 8.52. The highest BCUT2D eigenvalue weighted by Crippen LogP contribution is 2.22. The van der Waals surface area contributed by atoms with Crippen molar-refractivity contribution in [1.82, 2.24) is 4.90 Å². The number of ether oxygens (including phenoxy) is 1. The molecule has 1 saturated heterocycles. The zero-order chi connectivity index (χ0) is 15.2. The molecule has 4 nitrogen and oxygen atoms in total. The molecule has 1 aromatic rings. The Hall–Kier alpha value is -1.39. The van der Waals surface area contributed by atoms with Crippen LogP contribution in [-0.2, 0) is 16.1 Å². The molecule has 0 spiro atoms. The van der Waals surface area contributed by atoms with Crippen molar-refractivity contribution in [2.75, 3.05) is 20.2 Å². The maximum atomic E-state index is 11.4. The van der Waals surface area contributed by atoms with E-state index < -0.39 is 6.04 Å². The van der Waals surface area contributed by atoms with E-state index in [1.165, 1.54) is 24.7 Å². The minimum absolute atomic E-state index is 0.300. The van der Waals surface area contributed by atoms with E-state index in [4.69, 9.17) is 10.5 Å². The number of carbonyl (C=O) groups is 1. The first-order valence-corrected chi connectivity index (χ1v) is 7.70. The molecule has 2 unspecified atom stereocenters. The van der Waals surface area contributed by atoms with Crippen LogP contribution in [0.3, 0.4) is 0 Å². The second-order valence-electron chi connectivity index (χ2n) is 6.09. The van der Waals surface area contributed by atoms with Crippen molar-refractivity contribution in [2.24, 2.45) is 11.7 Å². The highest BCUT2D eigenvalue weighted by Gasteiger charge is 2.24. The van der Waals surface area contributed by atoms with Crippen LogP contribution in [0.4, 0.5) is 0 Å². The lowest BCUT2D eigenvalue weighted by molar-refractivity contribution is -0.142. The van der Waals surface area contributed by atoms with Gasteiger partial charge in [0.05, 0.1) is 7.11 Å². The second-order valence-corrected chi connectivity index (χ2v) is 6.09. The maximum absolute atomic E-state index is 11.4. The van der Waals surface area contributed by atoms with E-state index in [0.29, 0.717) is 5.92 Å². The van der Waals surface area contributed by atoms with E-state index in [1.54, 1.807) is 0 Å². The largest absolute Gasteiger partial charge is 0.468 e. The molecule has 1 heterocycles. The number of benzene rings is 1. The van der Waals surface area contributed by atoms with Gasteiger partial charge in [0.15, 0.2) is 0 Å². The Morgan fingerprint density at radius 1 is 1.43 bits per heavy atom. The van der Waals surface area contributed by atoms with Crippen LogP contribution in [0.5, 0.6) is 0 Å². The van der Waals surface area contributed by atoms with Crippen molar-refractivity contribution in [1.29, 1.82) is 0 Å². The monoisotopic (exact) mass is 290 g/mol. The van der Waals surface area contributed by atoms with Gasteiger partial charge >= 0.3 is 5.97 Å². The van der Waals surface area contributed by atoms with Gasteiger partial charge in [-0.2, -0.15) is 0 Å². The third-order valence-corrected chi connectivity index (χ3v) is 4.22. The molecule has 0 aliphatic carbocycles. The standard InChI is InChI=1S/C17H26N2O2/c1-13-5-7-14(8-6-13)11-19-9-3-4-15(12-19)10-16(18)17(20)21-2/h5-8,15-16H,3-4,9-12,18H2,1-2H3. The molecule has 4 heteroatoms. The maximum Gasteiger partial charge on any atom is 0.322 e. The first-order chi connectivity index (χ1) is 10.1. The molecule has 0 bridgehead atoms. The number of aryl methyl sites for hydroxylation is 1. The fourth-order valence-electron chi connectivity index (χ4n) is 3.05. The average molecular weight is 290 g/mol. The van der Waals surface area contributed by atoms with Crippen LogP contribution < -0.4 is 5.73 Å². The minimum Gasteiger partial charge on any atom is -0.468 e. The number of nitrogens with two attached hydrogens (primary N) is 1. The molecule has 1 aromatic carbocycles. The fourth-order valence-corrected chi connectivity index (χ4v) is 3.05. The second kappa shape index (κ2) is 7.57. The predicted molar refractivity (Wildman–Crippen MR) is 83.8 cm³/mol. The van der Waals surface area contributed by atoms with E-state index >= 15 is 0 Å². The smallest absolute Gasteiger partial charge is 0.322 e. The van der Waals surface area contributed by atoms with Crippen LogP contribution in [-0.4, -0.2) is 37.1 Å². The lowest BCUT2D eigenvalue weighted by Crippen LogP contribution is -2.40. The Bertz CT molecular complexity index is 458. The van der Waals surface area contributed by atoms with Crippen LogP contribution in [0.15, 0.2) is 24.3 Å². The lowest BCUT2D eigenvalue weighted by Gasteiger charge is -2.33. The van der Waals surface area contributed by atoms with E-state index in [-0.39, 0.29) is 5.97 Å². The van der Waals surface area contributed by atoms with Crippen molar-refractivity contribution in [2.45, 2.75) is 38.8 Å². The van der Waals surface area contributed by atoms with Gasteiger partial charge in [0.2, 0.25) is 0 Å². The summed E-state index contributed by atoms with van der Waals surface area (Å²) in [6.07, 6.45) is 3.04. The van der Waals surface area contributed by atoms with Crippen molar-refractivity contribution >= 4 is 5.97 Å². The van der Waals surface area contributed by atoms with E-state index in [0.717, 1.165) is 32.5 Å². The van der Waals surface area contributed by atoms with Gasteiger partial charge in [-0.15, -0.1) is 0 Å². The number of hydrogen-bond acceptors (Lipinski definition) is 4. The molecular weight excluding hydrogens is 264 g/mol. The number of rotatable bonds is 5. The average Bonchev–Trinajstić information content (AvgIpc) is 2.49. The molecular formula is C17H26N2O2. The number of hydrogen-bond donors (Lipinski definition) is 1. The van der Waals surface area contributed by atoms with Crippen LogP contribution in [0.2, 0.25) is 0 Å². The minimum atomic E-state index is -0.487. The van der Waals surface area contributed by atoms with Crippen molar-refractivity contribution in [3.8, 4) is 0 Å². The summed E-state index contributed by atoms with van der Waals surface area (Å²) in [4.78, 5) is 13.9. The first kappa shape index (κ1) is 16.0. The molecule has 21 heavy (non-hydrogen) atoms. The Labute approximate surface area is 127 Å². The van der Waals surface area contributed by atoms with Gasteiger partial charge in [0, 0.05) is 13.1 Å². The van der Waals surface area contributed by atoms with Crippen molar-refractivity contribution < 1.29 is 9.53 Å². The Balaban J connectivity index is 1.85. The molecule has 0 saturated carbocycles. The molecule has 1 aliphatic heterocycles. The molecule has 2 atom stereocenters. The van der Waals surface area contributed by atoms with Gasteiger partial charge in [-0.05, 0) is 44.2 Å². The van der Waals surface area contributed by atoms with Crippen molar-refractivity contribution in [3.63, 3.8) is 0 Å². The Kier molecular flexibility index (Phi) is 5.76. The molecule has 0 radical (unpaired) electrons. The summed E-state index contributed by atoms with van der Waals surface area (Å²) in [6.45, 7) is 5.22. The highest BCUT2D eigenvalue weighted by molar-refractivity contribution is 5.75. The van der Waals surface area contributed by atoms with E-state index in [1.807, 2.05) is 0 Å². The number of likely N-dealkylation sites (tertiary alicyclic amines) is 1. The summed E-state index contributed by atoms with van der Waals surface area (Å²) in [5.74, 6) is 0.184. The quantitative estimate of drug-likeness (QED) is 0.844. The Morgan fingerprint density at radius 3 is 2.81 bits per heavy atom. The highest BCUT2D eigenvalue weighted by atomic mass is 16.5. The number of carbonyl (C=O) groups excluding carboxylic acids is 1. The van der Waals surface area contributed by atoms with Gasteiger partial charge in [0.1, 0.15) is 6.04 Å². The number of esters is 1. The van der Waals surface area contributed by atoms with Crippen LogP contribution >= 0.6 is 0 Å². The molecule has 1 fully saturated rings. The predicted octanol–water partition coefficient (Wildman–Crippen LogP) is 2.10. The molecule has 2 N–H and O–H groups in total. The summed E-state index contributed by atoms with van der Waals surface area (Å²) in [7, 11) is 1.40. The fraction of sp³-hybridized carbons (Fsp3) is 0.588. The van der Waals surface area contributed by atoms with E-state index in [9.17, 15) is 4.79 Å². The molecule has 2 rings (SSSR count). The molecule has 1 aliphatic rings. The van der Waals surface area contributed by atoms with Crippen LogP contribution in [0.25, 0.3) is 0 Å². The zero-order valence-corrected chi connectivity index (χ0v) is 13.0. The number of methoxy groups -OCH3 is 1. The van der Waals surface area contributed by atoms with Gasteiger partial charge in [0.25, 0.3) is 0 Å². The first-order valence-electron chi connectivity index (χ1n) is 7.70. The van der Waals surface area contributed by atoms with Gasteiger partial charge in [-0.1, -0.05) is 29.8 Å². The van der Waals surface area contributed by atoms with Gasteiger partial charge in [-0.3, -0.25) is 9.69 Å². The molecule has 116 valence electrons. The zero-order valence-electron chi connectivity index (χ0n) is 13.0. The van der Waals surface area contributed by atoms with Gasteiger partial charge < -0.3 is 10.5 Å². The summed E-state index contributed by atoms with van der Waals surface area (Å²) in [5, 5.41) is 0. The lowest BCUT2D eigenvalue weighted by atomic mass is 9.91.